The summed E-state index contributed by atoms with van der Waals surface area (Å²) in [7, 11) is 0. The maximum absolute atomic E-state index is 11.6. The van der Waals surface area contributed by atoms with Crippen molar-refractivity contribution in [1.82, 2.24) is 10.2 Å². The van der Waals surface area contributed by atoms with Crippen LogP contribution in [0.5, 0.6) is 0 Å². The van der Waals surface area contributed by atoms with E-state index >= 15 is 0 Å². The minimum absolute atomic E-state index is 0.446. The lowest BCUT2D eigenvalue weighted by Crippen LogP contribution is -2.53. The fraction of sp³-hybridized carbons (Fsp3) is 0.933. The summed E-state index contributed by atoms with van der Waals surface area (Å²) in [4.78, 5) is 14.1. The molecule has 1 aliphatic heterocycles. The van der Waals surface area contributed by atoms with E-state index in [2.05, 4.69) is 17.1 Å². The molecule has 2 fully saturated rings. The van der Waals surface area contributed by atoms with E-state index in [-0.39, 0.29) is 0 Å². The Kier molecular flexibility index (Phi) is 4.85. The first-order valence-electron chi connectivity index (χ1n) is 7.82. The van der Waals surface area contributed by atoms with Gasteiger partial charge in [-0.3, -0.25) is 10.1 Å². The van der Waals surface area contributed by atoms with Crippen LogP contribution >= 0.6 is 0 Å². The standard InChI is InChI=1S/C15H28N2O2/c1-3-15(14(18)19,16-13-7-8-13)9-5-11-17-10-4-6-12(17)2/h12-13,16H,3-11H2,1-2H3,(H,18,19). The predicted octanol–water partition coefficient (Wildman–Crippen LogP) is 2.24. The predicted molar refractivity (Wildman–Crippen MR) is 76.3 cm³/mol. The number of aliphatic carboxylic acids is 1. The van der Waals surface area contributed by atoms with Crippen LogP contribution in [0.2, 0.25) is 0 Å². The van der Waals surface area contributed by atoms with Crippen molar-refractivity contribution in [3.05, 3.63) is 0 Å². The molecule has 1 saturated carbocycles. The molecule has 19 heavy (non-hydrogen) atoms. The van der Waals surface area contributed by atoms with E-state index in [0.29, 0.717) is 18.5 Å². The molecule has 0 aromatic heterocycles. The maximum atomic E-state index is 11.6. The Morgan fingerprint density at radius 3 is 2.63 bits per heavy atom. The molecule has 2 N–H and O–H groups in total. The highest BCUT2D eigenvalue weighted by Gasteiger charge is 2.40. The smallest absolute Gasteiger partial charge is 0.323 e. The van der Waals surface area contributed by atoms with Crippen LogP contribution in [0.1, 0.15) is 58.8 Å². The summed E-state index contributed by atoms with van der Waals surface area (Å²) in [5, 5.41) is 12.9. The highest BCUT2D eigenvalue weighted by molar-refractivity contribution is 5.78. The number of hydrogen-bond acceptors (Lipinski definition) is 3. The third-order valence-electron chi connectivity index (χ3n) is 4.81. The first-order chi connectivity index (χ1) is 9.07. The third-order valence-corrected chi connectivity index (χ3v) is 4.81. The molecule has 1 heterocycles. The van der Waals surface area contributed by atoms with Crippen LogP contribution in [-0.2, 0) is 4.79 Å². The molecule has 110 valence electrons. The maximum Gasteiger partial charge on any atom is 0.323 e. The van der Waals surface area contributed by atoms with Crippen molar-refractivity contribution in [2.45, 2.75) is 76.4 Å². The number of hydrogen-bond donors (Lipinski definition) is 2. The van der Waals surface area contributed by atoms with Crippen molar-refractivity contribution in [3.63, 3.8) is 0 Å². The molecule has 0 radical (unpaired) electrons. The van der Waals surface area contributed by atoms with Crippen LogP contribution in [0.25, 0.3) is 0 Å². The lowest BCUT2D eigenvalue weighted by molar-refractivity contribution is -0.145. The molecule has 2 unspecified atom stereocenters. The zero-order valence-electron chi connectivity index (χ0n) is 12.3. The molecule has 0 bridgehead atoms. The summed E-state index contributed by atoms with van der Waals surface area (Å²) in [5.74, 6) is -0.670. The molecule has 2 atom stereocenters. The largest absolute Gasteiger partial charge is 0.480 e. The first kappa shape index (κ1) is 14.8. The van der Waals surface area contributed by atoms with Gasteiger partial charge in [0.15, 0.2) is 0 Å². The number of carboxylic acids is 1. The van der Waals surface area contributed by atoms with E-state index < -0.39 is 11.5 Å². The average Bonchev–Trinajstić information content (AvgIpc) is 3.10. The van der Waals surface area contributed by atoms with E-state index in [1.807, 2.05) is 6.92 Å². The molecule has 1 aliphatic carbocycles. The quantitative estimate of drug-likeness (QED) is 0.709. The molecule has 4 nitrogen and oxygen atoms in total. The average molecular weight is 268 g/mol. The van der Waals surface area contributed by atoms with Crippen LogP contribution < -0.4 is 5.32 Å². The molecule has 0 aromatic carbocycles. The zero-order chi connectivity index (χ0) is 13.9. The van der Waals surface area contributed by atoms with E-state index in [9.17, 15) is 9.90 Å². The van der Waals surface area contributed by atoms with Gasteiger partial charge in [0.05, 0.1) is 0 Å². The summed E-state index contributed by atoms with van der Waals surface area (Å²) < 4.78 is 0. The van der Waals surface area contributed by atoms with E-state index in [4.69, 9.17) is 0 Å². The van der Waals surface area contributed by atoms with Gasteiger partial charge in [-0.05, 0) is 65.0 Å². The van der Waals surface area contributed by atoms with Gasteiger partial charge in [-0.1, -0.05) is 6.92 Å². The van der Waals surface area contributed by atoms with E-state index in [1.165, 1.54) is 19.4 Å². The molecule has 1 saturated heterocycles. The van der Waals surface area contributed by atoms with Gasteiger partial charge in [-0.15, -0.1) is 0 Å². The van der Waals surface area contributed by atoms with Crippen LogP contribution in [0.3, 0.4) is 0 Å². The Balaban J connectivity index is 1.83. The number of rotatable bonds is 8. The summed E-state index contributed by atoms with van der Waals surface area (Å²) in [6.07, 6.45) is 7.25. The van der Waals surface area contributed by atoms with Crippen molar-refractivity contribution in [2.75, 3.05) is 13.1 Å². The fourth-order valence-corrected chi connectivity index (χ4v) is 3.20. The van der Waals surface area contributed by atoms with Crippen LogP contribution in [0.4, 0.5) is 0 Å². The molecule has 4 heteroatoms. The monoisotopic (exact) mass is 268 g/mol. The van der Waals surface area contributed by atoms with E-state index in [0.717, 1.165) is 32.2 Å². The summed E-state index contributed by atoms with van der Waals surface area (Å²) in [6.45, 7) is 6.49. The Morgan fingerprint density at radius 1 is 1.42 bits per heavy atom. The second kappa shape index (κ2) is 6.23. The molecular formula is C15H28N2O2. The minimum atomic E-state index is -0.690. The molecule has 2 aliphatic rings. The highest BCUT2D eigenvalue weighted by Crippen LogP contribution is 2.28. The summed E-state index contributed by atoms with van der Waals surface area (Å²) in [5.41, 5.74) is -0.690. The van der Waals surface area contributed by atoms with Crippen molar-refractivity contribution in [2.24, 2.45) is 0 Å². The topological polar surface area (TPSA) is 52.6 Å². The van der Waals surface area contributed by atoms with Crippen LogP contribution in [0.15, 0.2) is 0 Å². The minimum Gasteiger partial charge on any atom is -0.480 e. The zero-order valence-corrected chi connectivity index (χ0v) is 12.3. The summed E-state index contributed by atoms with van der Waals surface area (Å²) >= 11 is 0. The van der Waals surface area contributed by atoms with Gasteiger partial charge >= 0.3 is 5.97 Å². The molecule has 0 aromatic rings. The van der Waals surface area contributed by atoms with Gasteiger partial charge in [-0.25, -0.2) is 0 Å². The molecule has 2 rings (SSSR count). The van der Waals surface area contributed by atoms with E-state index in [1.54, 1.807) is 0 Å². The van der Waals surface area contributed by atoms with Gasteiger partial charge < -0.3 is 10.0 Å². The van der Waals surface area contributed by atoms with Gasteiger partial charge in [0.2, 0.25) is 0 Å². The second-order valence-electron chi connectivity index (χ2n) is 6.29. The first-order valence-corrected chi connectivity index (χ1v) is 7.82. The van der Waals surface area contributed by atoms with Gasteiger partial charge in [-0.2, -0.15) is 0 Å². The lowest BCUT2D eigenvalue weighted by Gasteiger charge is -2.31. The molecular weight excluding hydrogens is 240 g/mol. The van der Waals surface area contributed by atoms with Crippen LogP contribution in [-0.4, -0.2) is 46.7 Å². The van der Waals surface area contributed by atoms with Crippen molar-refractivity contribution in [1.29, 1.82) is 0 Å². The number of carbonyl (C=O) groups is 1. The Hall–Kier alpha value is -0.610. The number of nitrogens with zero attached hydrogens (tertiary/aromatic N) is 1. The third kappa shape index (κ3) is 3.69. The highest BCUT2D eigenvalue weighted by atomic mass is 16.4. The Labute approximate surface area is 116 Å². The van der Waals surface area contributed by atoms with Crippen molar-refractivity contribution >= 4 is 5.97 Å². The number of likely N-dealkylation sites (tertiary alicyclic amines) is 1. The fourth-order valence-electron chi connectivity index (χ4n) is 3.20. The molecule has 0 spiro atoms. The Morgan fingerprint density at radius 2 is 2.16 bits per heavy atom. The van der Waals surface area contributed by atoms with Gasteiger partial charge in [0.25, 0.3) is 0 Å². The molecule has 0 amide bonds. The lowest BCUT2D eigenvalue weighted by atomic mass is 9.90. The SMILES string of the molecule is CCC(CCCN1CCCC1C)(NC1CC1)C(=O)O. The normalized spacial score (nSPS) is 27.4. The summed E-state index contributed by atoms with van der Waals surface area (Å²) in [6, 6.07) is 1.12. The number of carboxylic acid groups (broad SMARTS) is 1. The van der Waals surface area contributed by atoms with Gasteiger partial charge in [0.1, 0.15) is 5.54 Å². The van der Waals surface area contributed by atoms with Crippen molar-refractivity contribution in [3.8, 4) is 0 Å². The number of nitrogens with one attached hydrogen (secondary N) is 1. The van der Waals surface area contributed by atoms with Crippen molar-refractivity contribution < 1.29 is 9.90 Å². The van der Waals surface area contributed by atoms with Crippen LogP contribution in [0, 0.1) is 0 Å². The van der Waals surface area contributed by atoms with Gasteiger partial charge in [0, 0.05) is 12.1 Å². The second-order valence-corrected chi connectivity index (χ2v) is 6.29. The Bertz CT molecular complexity index is 317.